The number of methoxy groups -OCH3 is 1. The lowest BCUT2D eigenvalue weighted by Gasteiger charge is -2.15. The molecule has 132 valence electrons. The molecule has 3 rings (SSSR count). The number of hydrogen-bond acceptors (Lipinski definition) is 6. The predicted molar refractivity (Wildman–Crippen MR) is 98.2 cm³/mol. The van der Waals surface area contributed by atoms with Crippen LogP contribution in [-0.2, 0) is 11.3 Å². The molecule has 7 nitrogen and oxygen atoms in total. The van der Waals surface area contributed by atoms with Crippen molar-refractivity contribution in [1.82, 2.24) is 10.3 Å². The van der Waals surface area contributed by atoms with Gasteiger partial charge in [-0.05, 0) is 36.2 Å². The van der Waals surface area contributed by atoms with E-state index in [9.17, 15) is 4.79 Å². The fourth-order valence-corrected chi connectivity index (χ4v) is 2.80. The molecule has 1 amide bonds. The Morgan fingerprint density at radius 3 is 3.00 bits per heavy atom. The number of nitrogens with zero attached hydrogens (tertiary/aromatic N) is 1. The molecule has 0 saturated carbocycles. The van der Waals surface area contributed by atoms with Gasteiger partial charge in [-0.2, -0.15) is 0 Å². The van der Waals surface area contributed by atoms with Gasteiger partial charge >= 0.3 is 0 Å². The largest absolute Gasteiger partial charge is 0.383 e. The third-order valence-electron chi connectivity index (χ3n) is 3.97. The number of benzene rings is 1. The van der Waals surface area contributed by atoms with Crippen molar-refractivity contribution >= 4 is 23.2 Å². The smallest absolute Gasteiger partial charge is 0.255 e. The van der Waals surface area contributed by atoms with Crippen molar-refractivity contribution in [3.8, 4) is 0 Å². The molecule has 0 fully saturated rings. The average molecular weight is 341 g/mol. The first-order valence-corrected chi connectivity index (χ1v) is 8.21. The van der Waals surface area contributed by atoms with Crippen LogP contribution < -0.4 is 21.7 Å². The number of nitrogens with one attached hydrogen (secondary N) is 3. The fourth-order valence-electron chi connectivity index (χ4n) is 2.80. The topological polar surface area (TPSA) is 101 Å². The lowest BCUT2D eigenvalue weighted by Crippen LogP contribution is -2.33. The molecule has 1 atom stereocenters. The van der Waals surface area contributed by atoms with E-state index in [2.05, 4.69) is 20.9 Å². The molecule has 0 aliphatic carbocycles. The van der Waals surface area contributed by atoms with E-state index >= 15 is 0 Å². The normalized spacial score (nSPS) is 14.0. The number of aryl methyl sites for hydroxylation is 1. The van der Waals surface area contributed by atoms with Crippen LogP contribution in [0.15, 0.2) is 30.3 Å². The second-order valence-electron chi connectivity index (χ2n) is 6.16. The summed E-state index contributed by atoms with van der Waals surface area (Å²) >= 11 is 0. The Labute approximate surface area is 147 Å². The van der Waals surface area contributed by atoms with Crippen LogP contribution in [0.5, 0.6) is 0 Å². The van der Waals surface area contributed by atoms with Gasteiger partial charge in [0, 0.05) is 31.9 Å². The zero-order chi connectivity index (χ0) is 17.8. The lowest BCUT2D eigenvalue weighted by atomic mass is 10.1. The fraction of sp³-hybridized carbons (Fsp3) is 0.333. The Morgan fingerprint density at radius 2 is 2.24 bits per heavy atom. The van der Waals surface area contributed by atoms with E-state index in [4.69, 9.17) is 10.5 Å². The van der Waals surface area contributed by atoms with Gasteiger partial charge in [0.25, 0.3) is 5.91 Å². The molecule has 2 heterocycles. The molecule has 1 aliphatic rings. The summed E-state index contributed by atoms with van der Waals surface area (Å²) in [5.74, 6) is 1.11. The minimum Gasteiger partial charge on any atom is -0.383 e. The number of rotatable bonds is 7. The maximum atomic E-state index is 12.2. The van der Waals surface area contributed by atoms with Crippen molar-refractivity contribution in [3.63, 3.8) is 0 Å². The molecule has 0 spiro atoms. The second kappa shape index (κ2) is 7.50. The van der Waals surface area contributed by atoms with E-state index in [1.165, 1.54) is 0 Å². The molecule has 1 aliphatic heterocycles. The van der Waals surface area contributed by atoms with Gasteiger partial charge in [-0.25, -0.2) is 4.98 Å². The summed E-state index contributed by atoms with van der Waals surface area (Å²) in [6.45, 7) is 3.51. The number of anilines is 3. The van der Waals surface area contributed by atoms with Crippen LogP contribution in [0.2, 0.25) is 0 Å². The third-order valence-corrected chi connectivity index (χ3v) is 3.97. The number of pyridine rings is 1. The highest BCUT2D eigenvalue weighted by atomic mass is 16.5. The molecular formula is C18H23N5O2. The molecule has 0 bridgehead atoms. The number of amides is 1. The van der Waals surface area contributed by atoms with Gasteiger partial charge in [-0.15, -0.1) is 0 Å². The first kappa shape index (κ1) is 17.2. The van der Waals surface area contributed by atoms with Crippen LogP contribution in [0.1, 0.15) is 21.5 Å². The molecule has 5 N–H and O–H groups in total. The van der Waals surface area contributed by atoms with Crippen molar-refractivity contribution in [3.05, 3.63) is 47.0 Å². The highest BCUT2D eigenvalue weighted by Crippen LogP contribution is 2.28. The van der Waals surface area contributed by atoms with Gasteiger partial charge in [0.05, 0.1) is 12.2 Å². The Bertz CT molecular complexity index is 778. The van der Waals surface area contributed by atoms with E-state index in [1.54, 1.807) is 7.11 Å². The van der Waals surface area contributed by atoms with Crippen molar-refractivity contribution in [1.29, 1.82) is 0 Å². The molecule has 7 heteroatoms. The van der Waals surface area contributed by atoms with Gasteiger partial charge in [0.1, 0.15) is 11.6 Å². The minimum absolute atomic E-state index is 0.111. The highest BCUT2D eigenvalue weighted by molar-refractivity contribution is 6.03. The zero-order valence-corrected chi connectivity index (χ0v) is 14.4. The summed E-state index contributed by atoms with van der Waals surface area (Å²) in [4.78, 5) is 16.7. The van der Waals surface area contributed by atoms with E-state index in [0.29, 0.717) is 36.9 Å². The van der Waals surface area contributed by atoms with Crippen molar-refractivity contribution in [2.45, 2.75) is 19.5 Å². The summed E-state index contributed by atoms with van der Waals surface area (Å²) < 4.78 is 5.04. The third kappa shape index (κ3) is 4.07. The molecular weight excluding hydrogens is 318 g/mol. The number of fused-ring (bicyclic) bond motifs is 1. The van der Waals surface area contributed by atoms with Gasteiger partial charge in [-0.1, -0.05) is 12.1 Å². The molecule has 25 heavy (non-hydrogen) atoms. The van der Waals surface area contributed by atoms with Gasteiger partial charge in [-0.3, -0.25) is 4.79 Å². The second-order valence-corrected chi connectivity index (χ2v) is 6.16. The number of aromatic nitrogens is 1. The first-order valence-electron chi connectivity index (χ1n) is 8.21. The number of ether oxygens (including phenoxy) is 1. The van der Waals surface area contributed by atoms with E-state index in [1.807, 2.05) is 37.3 Å². The molecule has 0 radical (unpaired) electrons. The van der Waals surface area contributed by atoms with Crippen molar-refractivity contribution in [2.24, 2.45) is 5.73 Å². The standard InChI is InChI=1S/C18H23N5O2/c1-11-4-3-5-14(6-11)22-17-16-12(8-21-18(16)24)7-15(23-17)20-9-13(19)10-25-2/h3-7,13H,8-10,19H2,1-2H3,(H,21,24)(H2,20,22,23). The average Bonchev–Trinajstić information content (AvgIpc) is 2.95. The SMILES string of the molecule is COCC(N)CNc1cc2c(c(Nc3cccc(C)c3)n1)C(=O)NC2. The maximum Gasteiger partial charge on any atom is 0.255 e. The number of hydrogen-bond donors (Lipinski definition) is 4. The van der Waals surface area contributed by atoms with Gasteiger partial charge in [0.2, 0.25) is 0 Å². The van der Waals surface area contributed by atoms with Crippen LogP contribution in [0.3, 0.4) is 0 Å². The summed E-state index contributed by atoms with van der Waals surface area (Å²) in [6.07, 6.45) is 0. The Morgan fingerprint density at radius 1 is 1.40 bits per heavy atom. The van der Waals surface area contributed by atoms with E-state index in [-0.39, 0.29) is 11.9 Å². The van der Waals surface area contributed by atoms with Crippen LogP contribution in [0, 0.1) is 6.92 Å². The molecule has 0 saturated heterocycles. The number of nitrogens with two attached hydrogens (primary N) is 1. The highest BCUT2D eigenvalue weighted by Gasteiger charge is 2.25. The summed E-state index contributed by atoms with van der Waals surface area (Å²) in [6, 6.07) is 9.69. The summed E-state index contributed by atoms with van der Waals surface area (Å²) in [5, 5.41) is 9.32. The monoisotopic (exact) mass is 341 g/mol. The molecule has 1 aromatic carbocycles. The van der Waals surface area contributed by atoms with Gasteiger partial charge < -0.3 is 26.4 Å². The maximum absolute atomic E-state index is 12.2. The van der Waals surface area contributed by atoms with Crippen molar-refractivity contribution < 1.29 is 9.53 Å². The molecule has 1 unspecified atom stereocenters. The van der Waals surface area contributed by atoms with Crippen LogP contribution in [0.25, 0.3) is 0 Å². The Balaban J connectivity index is 1.86. The Kier molecular flexibility index (Phi) is 5.16. The Hall–Kier alpha value is -2.64. The number of carbonyl (C=O) groups is 1. The quantitative estimate of drug-likeness (QED) is 0.612. The zero-order valence-electron chi connectivity index (χ0n) is 14.4. The van der Waals surface area contributed by atoms with Crippen LogP contribution in [-0.4, -0.2) is 37.2 Å². The van der Waals surface area contributed by atoms with E-state index in [0.717, 1.165) is 16.8 Å². The first-order chi connectivity index (χ1) is 12.1. The predicted octanol–water partition coefficient (Wildman–Crippen LogP) is 1.76. The lowest BCUT2D eigenvalue weighted by molar-refractivity contribution is 0.0966. The molecule has 1 aromatic heterocycles. The summed E-state index contributed by atoms with van der Waals surface area (Å²) in [7, 11) is 1.62. The summed E-state index contributed by atoms with van der Waals surface area (Å²) in [5.41, 5.74) is 9.48. The minimum atomic E-state index is -0.131. The van der Waals surface area contributed by atoms with Crippen LogP contribution >= 0.6 is 0 Å². The van der Waals surface area contributed by atoms with E-state index < -0.39 is 0 Å². The molecule has 2 aromatic rings. The number of carbonyl (C=O) groups excluding carboxylic acids is 1. The van der Waals surface area contributed by atoms with Crippen molar-refractivity contribution in [2.75, 3.05) is 30.9 Å². The van der Waals surface area contributed by atoms with Crippen LogP contribution in [0.4, 0.5) is 17.3 Å². The van der Waals surface area contributed by atoms with Gasteiger partial charge in [0.15, 0.2) is 0 Å².